The van der Waals surface area contributed by atoms with Gasteiger partial charge in [0, 0.05) is 53.9 Å². The zero-order valence-electron chi connectivity index (χ0n) is 24.6. The van der Waals surface area contributed by atoms with E-state index in [1.165, 1.54) is 11.4 Å². The third kappa shape index (κ3) is 7.95. The minimum absolute atomic E-state index is 0.414. The molecule has 0 radical (unpaired) electrons. The second kappa shape index (κ2) is 15.1. The summed E-state index contributed by atoms with van der Waals surface area (Å²) >= 11 is 1.70. The number of aromatic nitrogens is 3. The Labute approximate surface area is 235 Å². The zero-order chi connectivity index (χ0) is 27.5. The molecule has 3 aromatic rings. The van der Waals surface area contributed by atoms with Crippen molar-refractivity contribution in [3.63, 3.8) is 0 Å². The number of hydrogen-bond donors (Lipinski definition) is 0. The molecule has 1 unspecified atom stereocenters. The van der Waals surface area contributed by atoms with E-state index >= 15 is 0 Å². The molecular formula is C32H47N5S. The molecule has 0 amide bonds. The van der Waals surface area contributed by atoms with E-state index in [0.717, 1.165) is 79.5 Å². The summed E-state index contributed by atoms with van der Waals surface area (Å²) in [5.41, 5.74) is 6.38. The van der Waals surface area contributed by atoms with Crippen LogP contribution in [0.25, 0.3) is 22.5 Å². The Kier molecular flexibility index (Phi) is 11.9. The van der Waals surface area contributed by atoms with Gasteiger partial charge in [-0.05, 0) is 55.9 Å². The second-order valence-electron chi connectivity index (χ2n) is 10.4. The van der Waals surface area contributed by atoms with Crippen molar-refractivity contribution in [2.45, 2.75) is 84.6 Å². The molecule has 2 aromatic carbocycles. The standard InChI is InChI=1S/C32H47N5S/c1-8-20-36(21-9-2)28-16-12-26(13-17-28)30-31(34-35-32(33-30)38-25(7)24(5)6)27-14-18-29(19-15-27)37(22-10-3)23-11-4/h12-19,24-25H,8-11,20-23H2,1-7H3. The van der Waals surface area contributed by atoms with Crippen LogP contribution in [0, 0.1) is 5.92 Å². The Morgan fingerprint density at radius 3 is 1.42 bits per heavy atom. The predicted octanol–water partition coefficient (Wildman–Crippen LogP) is 8.60. The number of anilines is 2. The van der Waals surface area contributed by atoms with Crippen LogP contribution in [0.3, 0.4) is 0 Å². The fourth-order valence-corrected chi connectivity index (χ4v) is 5.38. The van der Waals surface area contributed by atoms with E-state index in [-0.39, 0.29) is 0 Å². The van der Waals surface area contributed by atoms with Crippen LogP contribution in [-0.4, -0.2) is 46.6 Å². The molecule has 0 saturated heterocycles. The van der Waals surface area contributed by atoms with Crippen LogP contribution in [-0.2, 0) is 0 Å². The van der Waals surface area contributed by atoms with Crippen molar-refractivity contribution in [1.82, 2.24) is 15.2 Å². The highest BCUT2D eigenvalue weighted by Gasteiger charge is 2.18. The van der Waals surface area contributed by atoms with Crippen LogP contribution in [0.1, 0.15) is 74.1 Å². The second-order valence-corrected chi connectivity index (χ2v) is 11.8. The molecule has 3 rings (SSSR count). The number of rotatable bonds is 15. The van der Waals surface area contributed by atoms with E-state index in [0.29, 0.717) is 11.2 Å². The van der Waals surface area contributed by atoms with Gasteiger partial charge in [-0.1, -0.05) is 84.5 Å². The van der Waals surface area contributed by atoms with Crippen molar-refractivity contribution in [1.29, 1.82) is 0 Å². The lowest BCUT2D eigenvalue weighted by Gasteiger charge is -2.24. The van der Waals surface area contributed by atoms with Gasteiger partial charge in [-0.3, -0.25) is 0 Å². The van der Waals surface area contributed by atoms with Crippen LogP contribution in [0.15, 0.2) is 53.7 Å². The quantitative estimate of drug-likeness (QED) is 0.182. The van der Waals surface area contributed by atoms with E-state index in [9.17, 15) is 0 Å². The average molecular weight is 534 g/mol. The molecule has 206 valence electrons. The molecule has 0 aliphatic carbocycles. The molecule has 0 saturated carbocycles. The average Bonchev–Trinajstić information content (AvgIpc) is 2.93. The van der Waals surface area contributed by atoms with Crippen molar-refractivity contribution in [2.75, 3.05) is 36.0 Å². The summed E-state index contributed by atoms with van der Waals surface area (Å²) in [5, 5.41) is 10.5. The van der Waals surface area contributed by atoms with Crippen LogP contribution >= 0.6 is 11.8 Å². The lowest BCUT2D eigenvalue weighted by atomic mass is 10.0. The maximum atomic E-state index is 5.07. The van der Waals surface area contributed by atoms with E-state index in [1.54, 1.807) is 11.8 Å². The lowest BCUT2D eigenvalue weighted by molar-refractivity contribution is 0.639. The third-order valence-electron chi connectivity index (χ3n) is 6.88. The van der Waals surface area contributed by atoms with Gasteiger partial charge in [0.15, 0.2) is 0 Å². The highest BCUT2D eigenvalue weighted by atomic mass is 32.2. The minimum atomic E-state index is 0.414. The van der Waals surface area contributed by atoms with Gasteiger partial charge in [0.25, 0.3) is 0 Å². The van der Waals surface area contributed by atoms with Gasteiger partial charge in [-0.2, -0.15) is 0 Å². The number of thioether (sulfide) groups is 1. The summed E-state index contributed by atoms with van der Waals surface area (Å²) in [6.45, 7) is 19.9. The van der Waals surface area contributed by atoms with Crippen molar-refractivity contribution >= 4 is 23.1 Å². The molecule has 0 spiro atoms. The van der Waals surface area contributed by atoms with Crippen LogP contribution in [0.2, 0.25) is 0 Å². The topological polar surface area (TPSA) is 45.2 Å². The summed E-state index contributed by atoms with van der Waals surface area (Å²) in [5.74, 6) is 0.538. The number of hydrogen-bond acceptors (Lipinski definition) is 6. The fraction of sp³-hybridized carbons (Fsp3) is 0.531. The Morgan fingerprint density at radius 2 is 1.03 bits per heavy atom. The summed E-state index contributed by atoms with van der Waals surface area (Å²) in [7, 11) is 0. The van der Waals surface area contributed by atoms with Crippen LogP contribution in [0.4, 0.5) is 11.4 Å². The molecule has 0 N–H and O–H groups in total. The third-order valence-corrected chi connectivity index (χ3v) is 8.18. The Balaban J connectivity index is 2.01. The predicted molar refractivity (Wildman–Crippen MR) is 166 cm³/mol. The Bertz CT molecular complexity index is 1090. The highest BCUT2D eigenvalue weighted by molar-refractivity contribution is 7.99. The van der Waals surface area contributed by atoms with Crippen molar-refractivity contribution in [2.24, 2.45) is 5.92 Å². The van der Waals surface area contributed by atoms with E-state index in [2.05, 4.69) is 112 Å². The van der Waals surface area contributed by atoms with Gasteiger partial charge >= 0.3 is 0 Å². The molecule has 1 aromatic heterocycles. The van der Waals surface area contributed by atoms with Gasteiger partial charge in [-0.25, -0.2) is 4.98 Å². The summed E-state index contributed by atoms with van der Waals surface area (Å²) < 4.78 is 0. The first kappa shape index (κ1) is 29.9. The summed E-state index contributed by atoms with van der Waals surface area (Å²) in [4.78, 5) is 9.99. The van der Waals surface area contributed by atoms with Crippen LogP contribution in [0.5, 0.6) is 0 Å². The zero-order valence-corrected chi connectivity index (χ0v) is 25.4. The molecule has 6 heteroatoms. The van der Waals surface area contributed by atoms with Gasteiger partial charge in [0.1, 0.15) is 11.4 Å². The number of nitrogens with zero attached hydrogens (tertiary/aromatic N) is 5. The highest BCUT2D eigenvalue weighted by Crippen LogP contribution is 2.34. The van der Waals surface area contributed by atoms with E-state index < -0.39 is 0 Å². The first-order valence-corrected chi connectivity index (χ1v) is 15.4. The van der Waals surface area contributed by atoms with E-state index in [1.807, 2.05) is 0 Å². The summed E-state index contributed by atoms with van der Waals surface area (Å²) in [6.07, 6.45) is 4.55. The SMILES string of the molecule is CCCN(CCC)c1ccc(-c2nnc(SC(C)C(C)C)nc2-c2ccc(N(CCC)CCC)cc2)cc1. The smallest absolute Gasteiger partial charge is 0.209 e. The Hall–Kier alpha value is -2.60. The maximum absolute atomic E-state index is 5.07. The van der Waals surface area contributed by atoms with Gasteiger partial charge in [0.2, 0.25) is 5.16 Å². The fourth-order valence-electron chi connectivity index (χ4n) is 4.54. The molecule has 38 heavy (non-hydrogen) atoms. The molecular weight excluding hydrogens is 486 g/mol. The molecule has 0 aliphatic heterocycles. The number of benzene rings is 2. The Morgan fingerprint density at radius 1 is 0.605 bits per heavy atom. The minimum Gasteiger partial charge on any atom is -0.372 e. The molecule has 0 fully saturated rings. The normalized spacial score (nSPS) is 12.1. The maximum Gasteiger partial charge on any atom is 0.209 e. The first-order valence-electron chi connectivity index (χ1n) is 14.5. The summed E-state index contributed by atoms with van der Waals surface area (Å²) in [6, 6.07) is 17.6. The lowest BCUT2D eigenvalue weighted by Crippen LogP contribution is -2.24. The van der Waals surface area contributed by atoms with Gasteiger partial charge in [0.05, 0.1) is 0 Å². The van der Waals surface area contributed by atoms with Crippen molar-refractivity contribution in [3.05, 3.63) is 48.5 Å². The van der Waals surface area contributed by atoms with Crippen molar-refractivity contribution in [3.8, 4) is 22.5 Å². The van der Waals surface area contributed by atoms with Gasteiger partial charge < -0.3 is 9.80 Å². The first-order chi connectivity index (χ1) is 18.4. The molecule has 1 heterocycles. The monoisotopic (exact) mass is 533 g/mol. The van der Waals surface area contributed by atoms with E-state index in [4.69, 9.17) is 10.1 Å². The largest absolute Gasteiger partial charge is 0.372 e. The molecule has 0 aliphatic rings. The molecule has 5 nitrogen and oxygen atoms in total. The molecule has 1 atom stereocenters. The molecule has 0 bridgehead atoms. The van der Waals surface area contributed by atoms with Crippen LogP contribution < -0.4 is 9.80 Å². The van der Waals surface area contributed by atoms with Gasteiger partial charge in [-0.15, -0.1) is 10.2 Å². The van der Waals surface area contributed by atoms with Crippen molar-refractivity contribution < 1.29 is 0 Å².